The van der Waals surface area contributed by atoms with Crippen molar-refractivity contribution < 1.29 is 24.2 Å². The zero-order valence-corrected chi connectivity index (χ0v) is 14.4. The Balaban J connectivity index is 1.76. The fraction of sp³-hybridized carbons (Fsp3) is 0.500. The van der Waals surface area contributed by atoms with Crippen molar-refractivity contribution in [2.45, 2.75) is 18.2 Å². The topological polar surface area (TPSA) is 88.1 Å². The molecule has 1 aromatic carbocycles. The second-order valence-corrected chi connectivity index (χ2v) is 7.01. The van der Waals surface area contributed by atoms with E-state index in [4.69, 9.17) is 9.47 Å². The van der Waals surface area contributed by atoms with Gasteiger partial charge in [-0.1, -0.05) is 0 Å². The number of hydrogen-bond acceptors (Lipinski definition) is 5. The van der Waals surface area contributed by atoms with Gasteiger partial charge in [0.15, 0.2) is 11.5 Å². The Kier molecular flexibility index (Phi) is 4.49. The first-order chi connectivity index (χ1) is 11.4. The van der Waals surface area contributed by atoms with Crippen molar-refractivity contribution in [3.05, 3.63) is 12.1 Å². The Morgan fingerprint density at radius 1 is 1.29 bits per heavy atom. The molecule has 2 aliphatic heterocycles. The van der Waals surface area contributed by atoms with Crippen LogP contribution < -0.4 is 14.8 Å². The van der Waals surface area contributed by atoms with Crippen LogP contribution in [0.25, 0.3) is 0 Å². The fourth-order valence-corrected chi connectivity index (χ4v) is 3.39. The molecular formula is C16H20N2O5S. The molecule has 8 heteroatoms. The van der Waals surface area contributed by atoms with Gasteiger partial charge in [-0.2, -0.15) is 0 Å². The summed E-state index contributed by atoms with van der Waals surface area (Å²) in [4.78, 5) is 26.2. The van der Waals surface area contributed by atoms with Crippen LogP contribution in [0, 0.1) is 5.41 Å². The number of carboxylic acids is 1. The van der Waals surface area contributed by atoms with E-state index in [1.165, 1.54) is 16.7 Å². The number of benzene rings is 1. The van der Waals surface area contributed by atoms with E-state index in [1.54, 1.807) is 13.0 Å². The lowest BCUT2D eigenvalue weighted by molar-refractivity contribution is -0.146. The first-order valence-corrected chi connectivity index (χ1v) is 8.92. The predicted molar refractivity (Wildman–Crippen MR) is 90.2 cm³/mol. The van der Waals surface area contributed by atoms with Crippen LogP contribution >= 0.6 is 11.8 Å². The number of rotatable bonds is 3. The van der Waals surface area contributed by atoms with Gasteiger partial charge in [0.2, 0.25) is 0 Å². The molecule has 0 bridgehead atoms. The molecule has 1 saturated heterocycles. The number of carbonyl (C=O) groups is 2. The first-order valence-electron chi connectivity index (χ1n) is 7.70. The normalized spacial score (nSPS) is 22.3. The van der Waals surface area contributed by atoms with Gasteiger partial charge >= 0.3 is 12.0 Å². The summed E-state index contributed by atoms with van der Waals surface area (Å²) in [6.45, 7) is 3.28. The molecule has 3 rings (SSSR count). The molecule has 0 saturated carbocycles. The standard InChI is InChI=1S/C16H20N2O5S/c1-16(14(19)20)3-4-18(9-16)15(21)17-10-7-11-12(8-13(10)24-2)23-6-5-22-11/h7-8H,3-6,9H2,1-2H3,(H,17,21)(H,19,20). The van der Waals surface area contributed by atoms with Crippen LogP contribution in [0.2, 0.25) is 0 Å². The second-order valence-electron chi connectivity index (χ2n) is 6.16. The van der Waals surface area contributed by atoms with Gasteiger partial charge in [-0.15, -0.1) is 11.8 Å². The van der Waals surface area contributed by atoms with Crippen molar-refractivity contribution in [2.24, 2.45) is 5.41 Å². The third kappa shape index (κ3) is 3.10. The van der Waals surface area contributed by atoms with E-state index in [0.717, 1.165) is 4.90 Å². The lowest BCUT2D eigenvalue weighted by Gasteiger charge is -2.23. The number of anilines is 1. The summed E-state index contributed by atoms with van der Waals surface area (Å²) in [5, 5.41) is 12.2. The van der Waals surface area contributed by atoms with Crippen LogP contribution in [-0.2, 0) is 4.79 Å². The highest BCUT2D eigenvalue weighted by atomic mass is 32.2. The molecule has 2 aliphatic rings. The molecule has 24 heavy (non-hydrogen) atoms. The van der Waals surface area contributed by atoms with Gasteiger partial charge < -0.3 is 24.8 Å². The molecule has 0 aromatic heterocycles. The van der Waals surface area contributed by atoms with E-state index in [-0.39, 0.29) is 12.6 Å². The predicted octanol–water partition coefficient (Wildman–Crippen LogP) is 2.51. The summed E-state index contributed by atoms with van der Waals surface area (Å²) in [7, 11) is 0. The molecule has 1 fully saturated rings. The molecule has 2 heterocycles. The third-order valence-corrected chi connectivity index (χ3v) is 5.16. The Morgan fingerprint density at radius 3 is 2.54 bits per heavy atom. The number of aliphatic carboxylic acids is 1. The summed E-state index contributed by atoms with van der Waals surface area (Å²) < 4.78 is 11.1. The van der Waals surface area contributed by atoms with E-state index >= 15 is 0 Å². The highest BCUT2D eigenvalue weighted by Gasteiger charge is 2.42. The molecule has 1 aromatic rings. The van der Waals surface area contributed by atoms with Gasteiger partial charge in [0.1, 0.15) is 13.2 Å². The second kappa shape index (κ2) is 6.43. The summed E-state index contributed by atoms with van der Waals surface area (Å²) in [5.41, 5.74) is -0.243. The largest absolute Gasteiger partial charge is 0.486 e. The highest BCUT2D eigenvalue weighted by Crippen LogP contribution is 2.39. The quantitative estimate of drug-likeness (QED) is 0.813. The van der Waals surface area contributed by atoms with Crippen LogP contribution in [-0.4, -0.2) is 54.6 Å². The maximum atomic E-state index is 12.5. The molecule has 2 amide bonds. The molecule has 1 unspecified atom stereocenters. The number of amides is 2. The molecule has 0 spiro atoms. The SMILES string of the molecule is CSc1cc2c(cc1NC(=O)N1CCC(C)(C(=O)O)C1)OCCO2. The van der Waals surface area contributed by atoms with Crippen LogP contribution in [0.3, 0.4) is 0 Å². The van der Waals surface area contributed by atoms with E-state index < -0.39 is 11.4 Å². The minimum atomic E-state index is -0.882. The molecule has 0 aliphatic carbocycles. The summed E-state index contributed by atoms with van der Waals surface area (Å²) in [6, 6.07) is 3.30. The Morgan fingerprint density at radius 2 is 1.96 bits per heavy atom. The molecule has 2 N–H and O–H groups in total. The van der Waals surface area contributed by atoms with Crippen molar-refractivity contribution in [3.63, 3.8) is 0 Å². The van der Waals surface area contributed by atoms with Crippen molar-refractivity contribution >= 4 is 29.4 Å². The lowest BCUT2D eigenvalue weighted by Crippen LogP contribution is -2.37. The molecule has 1 atom stereocenters. The van der Waals surface area contributed by atoms with E-state index in [1.807, 2.05) is 12.3 Å². The summed E-state index contributed by atoms with van der Waals surface area (Å²) in [6.07, 6.45) is 2.37. The first kappa shape index (κ1) is 16.8. The molecule has 130 valence electrons. The van der Waals surface area contributed by atoms with Crippen LogP contribution in [0.4, 0.5) is 10.5 Å². The highest BCUT2D eigenvalue weighted by molar-refractivity contribution is 7.98. The number of carbonyl (C=O) groups excluding carboxylic acids is 1. The van der Waals surface area contributed by atoms with E-state index in [2.05, 4.69) is 5.32 Å². The van der Waals surface area contributed by atoms with Crippen LogP contribution in [0.5, 0.6) is 11.5 Å². The Hall–Kier alpha value is -2.09. The zero-order valence-electron chi connectivity index (χ0n) is 13.6. The number of hydrogen-bond donors (Lipinski definition) is 2. The van der Waals surface area contributed by atoms with E-state index in [9.17, 15) is 14.7 Å². The molecule has 0 radical (unpaired) electrons. The number of urea groups is 1. The van der Waals surface area contributed by atoms with Gasteiger partial charge in [0.25, 0.3) is 0 Å². The molecular weight excluding hydrogens is 332 g/mol. The van der Waals surface area contributed by atoms with Crippen molar-refractivity contribution in [1.29, 1.82) is 0 Å². The van der Waals surface area contributed by atoms with Crippen molar-refractivity contribution in [1.82, 2.24) is 4.90 Å². The molecule has 7 nitrogen and oxygen atoms in total. The fourth-order valence-electron chi connectivity index (χ4n) is 2.84. The number of ether oxygens (including phenoxy) is 2. The summed E-state index contributed by atoms with van der Waals surface area (Å²) in [5.74, 6) is 0.399. The van der Waals surface area contributed by atoms with Gasteiger partial charge in [0, 0.05) is 24.1 Å². The zero-order chi connectivity index (χ0) is 17.3. The maximum Gasteiger partial charge on any atom is 0.321 e. The number of likely N-dealkylation sites (tertiary alicyclic amines) is 1. The average molecular weight is 352 g/mol. The smallest absolute Gasteiger partial charge is 0.321 e. The monoisotopic (exact) mass is 352 g/mol. The number of carboxylic acid groups (broad SMARTS) is 1. The Bertz CT molecular complexity index is 681. The average Bonchev–Trinajstić information content (AvgIpc) is 2.98. The maximum absolute atomic E-state index is 12.5. The minimum Gasteiger partial charge on any atom is -0.486 e. The van der Waals surface area contributed by atoms with E-state index in [0.29, 0.717) is 43.4 Å². The number of fused-ring (bicyclic) bond motifs is 1. The number of nitrogens with zero attached hydrogens (tertiary/aromatic N) is 1. The van der Waals surface area contributed by atoms with Gasteiger partial charge in [-0.05, 0) is 25.7 Å². The van der Waals surface area contributed by atoms with Gasteiger partial charge in [-0.3, -0.25) is 4.79 Å². The lowest BCUT2D eigenvalue weighted by atomic mass is 9.90. The van der Waals surface area contributed by atoms with Gasteiger partial charge in [0.05, 0.1) is 11.1 Å². The third-order valence-electron chi connectivity index (χ3n) is 4.38. The summed E-state index contributed by atoms with van der Waals surface area (Å²) >= 11 is 1.49. The van der Waals surface area contributed by atoms with Crippen molar-refractivity contribution in [3.8, 4) is 11.5 Å². The van der Waals surface area contributed by atoms with Crippen LogP contribution in [0.1, 0.15) is 13.3 Å². The number of nitrogens with one attached hydrogen (secondary N) is 1. The number of thioether (sulfide) groups is 1. The van der Waals surface area contributed by atoms with Crippen molar-refractivity contribution in [2.75, 3.05) is 37.9 Å². The minimum absolute atomic E-state index is 0.202. The van der Waals surface area contributed by atoms with Gasteiger partial charge in [-0.25, -0.2) is 4.79 Å². The van der Waals surface area contributed by atoms with Crippen LogP contribution in [0.15, 0.2) is 17.0 Å². The Labute approximate surface area is 144 Å².